The number of aliphatic hydroxyl groups is 2. The maximum absolute atomic E-state index is 9.38. The monoisotopic (exact) mass is 280 g/mol. The third-order valence-electron chi connectivity index (χ3n) is 2.87. The second-order valence-electron chi connectivity index (χ2n) is 4.67. The summed E-state index contributed by atoms with van der Waals surface area (Å²) in [7, 11) is 1.88. The summed E-state index contributed by atoms with van der Waals surface area (Å²) < 4.78 is 0. The molecule has 1 aromatic heterocycles. The van der Waals surface area contributed by atoms with E-state index in [2.05, 4.69) is 4.98 Å². The van der Waals surface area contributed by atoms with Crippen LogP contribution in [-0.2, 0) is 6.54 Å². The summed E-state index contributed by atoms with van der Waals surface area (Å²) in [6.07, 6.45) is -0.718. The Morgan fingerprint density at radius 3 is 2.84 bits per heavy atom. The van der Waals surface area contributed by atoms with Crippen molar-refractivity contribution in [2.75, 3.05) is 20.2 Å². The van der Waals surface area contributed by atoms with Crippen LogP contribution in [0.2, 0.25) is 5.02 Å². The number of likely N-dealkylation sites (N-methyl/N-ethyl adjacent to an activating group) is 1. The van der Waals surface area contributed by atoms with Crippen molar-refractivity contribution >= 4 is 22.5 Å². The van der Waals surface area contributed by atoms with Crippen molar-refractivity contribution < 1.29 is 10.2 Å². The molecule has 1 heterocycles. The summed E-state index contributed by atoms with van der Waals surface area (Å²) in [5, 5.41) is 19.9. The van der Waals surface area contributed by atoms with E-state index in [1.807, 2.05) is 42.3 Å². The van der Waals surface area contributed by atoms with Crippen LogP contribution >= 0.6 is 11.6 Å². The zero-order valence-corrected chi connectivity index (χ0v) is 11.5. The van der Waals surface area contributed by atoms with Crippen molar-refractivity contribution in [3.05, 3.63) is 41.0 Å². The first kappa shape index (κ1) is 14.2. The van der Waals surface area contributed by atoms with Crippen molar-refractivity contribution in [3.63, 3.8) is 0 Å². The van der Waals surface area contributed by atoms with Gasteiger partial charge in [-0.3, -0.25) is 9.88 Å². The summed E-state index contributed by atoms with van der Waals surface area (Å²) in [5.41, 5.74) is 1.82. The Bertz CT molecular complexity index is 562. The maximum Gasteiger partial charge on any atom is 0.0897 e. The first-order chi connectivity index (χ1) is 9.08. The molecule has 0 saturated carbocycles. The normalized spacial score (nSPS) is 13.1. The molecule has 19 heavy (non-hydrogen) atoms. The van der Waals surface area contributed by atoms with E-state index in [0.29, 0.717) is 18.1 Å². The molecule has 2 aromatic rings. The molecule has 5 heteroatoms. The van der Waals surface area contributed by atoms with E-state index in [1.54, 1.807) is 0 Å². The predicted octanol–water partition coefficient (Wildman–Crippen LogP) is 1.67. The molecule has 0 bridgehead atoms. The Kier molecular flexibility index (Phi) is 4.71. The van der Waals surface area contributed by atoms with Gasteiger partial charge in [0, 0.05) is 23.5 Å². The van der Waals surface area contributed by atoms with E-state index in [1.165, 1.54) is 0 Å². The van der Waals surface area contributed by atoms with Gasteiger partial charge in [0.2, 0.25) is 0 Å². The number of nitrogens with zero attached hydrogens (tertiary/aromatic N) is 2. The van der Waals surface area contributed by atoms with Crippen LogP contribution in [-0.4, -0.2) is 46.4 Å². The van der Waals surface area contributed by atoms with E-state index in [0.717, 1.165) is 16.6 Å². The highest BCUT2D eigenvalue weighted by Gasteiger charge is 2.08. The molecule has 102 valence electrons. The van der Waals surface area contributed by atoms with Gasteiger partial charge in [-0.2, -0.15) is 0 Å². The molecule has 0 saturated heterocycles. The summed E-state index contributed by atoms with van der Waals surface area (Å²) in [5.74, 6) is 0. The van der Waals surface area contributed by atoms with Gasteiger partial charge in [0.05, 0.1) is 23.9 Å². The highest BCUT2D eigenvalue weighted by atomic mass is 35.5. The van der Waals surface area contributed by atoms with Crippen molar-refractivity contribution in [2.45, 2.75) is 12.6 Å². The number of pyridine rings is 1. The minimum Gasteiger partial charge on any atom is -0.394 e. The van der Waals surface area contributed by atoms with Crippen LogP contribution in [0.5, 0.6) is 0 Å². The van der Waals surface area contributed by atoms with E-state index in [-0.39, 0.29) is 6.61 Å². The molecule has 4 nitrogen and oxygen atoms in total. The average molecular weight is 281 g/mol. The van der Waals surface area contributed by atoms with Gasteiger partial charge in [0.25, 0.3) is 0 Å². The van der Waals surface area contributed by atoms with Gasteiger partial charge >= 0.3 is 0 Å². The fraction of sp³-hybridized carbons (Fsp3) is 0.357. The number of aliphatic hydroxyl groups excluding tert-OH is 2. The Morgan fingerprint density at radius 1 is 1.32 bits per heavy atom. The number of halogens is 1. The minimum absolute atomic E-state index is 0.228. The van der Waals surface area contributed by atoms with E-state index >= 15 is 0 Å². The molecule has 0 fully saturated rings. The molecule has 2 N–H and O–H groups in total. The van der Waals surface area contributed by atoms with E-state index in [9.17, 15) is 5.11 Å². The highest BCUT2D eigenvalue weighted by molar-refractivity contribution is 6.31. The Labute approximate surface area is 117 Å². The molecular formula is C14H17ClN2O2. The van der Waals surface area contributed by atoms with E-state index < -0.39 is 6.10 Å². The van der Waals surface area contributed by atoms with E-state index in [4.69, 9.17) is 16.7 Å². The highest BCUT2D eigenvalue weighted by Crippen LogP contribution is 2.18. The smallest absolute Gasteiger partial charge is 0.0897 e. The topological polar surface area (TPSA) is 56.6 Å². The van der Waals surface area contributed by atoms with Gasteiger partial charge < -0.3 is 10.2 Å². The summed E-state index contributed by atoms with van der Waals surface area (Å²) in [4.78, 5) is 6.47. The zero-order valence-electron chi connectivity index (χ0n) is 10.8. The number of rotatable bonds is 5. The number of fused-ring (bicyclic) bond motifs is 1. The SMILES string of the molecule is CN(Cc1ccc2cc(Cl)ccc2n1)C[C@H](O)CO. The lowest BCUT2D eigenvalue weighted by Gasteiger charge is -2.18. The molecule has 1 atom stereocenters. The first-order valence-corrected chi connectivity index (χ1v) is 6.49. The lowest BCUT2D eigenvalue weighted by molar-refractivity contribution is 0.0645. The molecule has 0 aliphatic heterocycles. The minimum atomic E-state index is -0.718. The van der Waals surface area contributed by atoms with Crippen LogP contribution in [0.4, 0.5) is 0 Å². The van der Waals surface area contributed by atoms with Gasteiger partial charge in [-0.05, 0) is 31.3 Å². The number of hydrogen-bond donors (Lipinski definition) is 2. The largest absolute Gasteiger partial charge is 0.394 e. The molecule has 0 aliphatic rings. The van der Waals surface area contributed by atoms with Crippen molar-refractivity contribution in [1.29, 1.82) is 0 Å². The molecule has 1 aromatic carbocycles. The van der Waals surface area contributed by atoms with Crippen LogP contribution in [0.3, 0.4) is 0 Å². The molecule has 0 unspecified atom stereocenters. The Hall–Kier alpha value is -1.20. The molecular weight excluding hydrogens is 264 g/mol. The second kappa shape index (κ2) is 6.30. The van der Waals surface area contributed by atoms with Crippen molar-refractivity contribution in [2.24, 2.45) is 0 Å². The molecule has 0 spiro atoms. The molecule has 0 aliphatic carbocycles. The van der Waals surface area contributed by atoms with Gasteiger partial charge in [0.1, 0.15) is 0 Å². The maximum atomic E-state index is 9.38. The predicted molar refractivity (Wildman–Crippen MR) is 76.2 cm³/mol. The summed E-state index contributed by atoms with van der Waals surface area (Å²) >= 11 is 5.93. The van der Waals surface area contributed by atoms with Crippen LogP contribution in [0.1, 0.15) is 5.69 Å². The zero-order chi connectivity index (χ0) is 13.8. The fourth-order valence-corrected chi connectivity index (χ4v) is 2.17. The first-order valence-electron chi connectivity index (χ1n) is 6.11. The Balaban J connectivity index is 2.11. The lowest BCUT2D eigenvalue weighted by atomic mass is 10.2. The fourth-order valence-electron chi connectivity index (χ4n) is 1.99. The number of hydrogen-bond acceptors (Lipinski definition) is 4. The average Bonchev–Trinajstić information content (AvgIpc) is 2.38. The van der Waals surface area contributed by atoms with Gasteiger partial charge in [0.15, 0.2) is 0 Å². The van der Waals surface area contributed by atoms with Crippen LogP contribution < -0.4 is 0 Å². The Morgan fingerprint density at radius 2 is 2.11 bits per heavy atom. The van der Waals surface area contributed by atoms with Crippen LogP contribution in [0.25, 0.3) is 10.9 Å². The summed E-state index contributed by atoms with van der Waals surface area (Å²) in [6.45, 7) is 0.806. The molecule has 0 amide bonds. The van der Waals surface area contributed by atoms with Crippen molar-refractivity contribution in [1.82, 2.24) is 9.88 Å². The van der Waals surface area contributed by atoms with Crippen LogP contribution in [0.15, 0.2) is 30.3 Å². The number of benzene rings is 1. The quantitative estimate of drug-likeness (QED) is 0.875. The van der Waals surface area contributed by atoms with Crippen molar-refractivity contribution in [3.8, 4) is 0 Å². The van der Waals surface area contributed by atoms with Gasteiger partial charge in [-0.15, -0.1) is 0 Å². The third-order valence-corrected chi connectivity index (χ3v) is 3.11. The third kappa shape index (κ3) is 3.88. The summed E-state index contributed by atoms with van der Waals surface area (Å²) in [6, 6.07) is 9.52. The van der Waals surface area contributed by atoms with Gasteiger partial charge in [-0.25, -0.2) is 0 Å². The lowest BCUT2D eigenvalue weighted by Crippen LogP contribution is -2.31. The standard InChI is InChI=1S/C14H17ClN2O2/c1-17(8-13(19)9-18)7-12-4-2-10-6-11(15)3-5-14(10)16-12/h2-6,13,18-19H,7-9H2,1H3/t13-/m0/s1. The second-order valence-corrected chi connectivity index (χ2v) is 5.11. The number of aromatic nitrogens is 1. The molecule has 2 rings (SSSR count). The van der Waals surface area contributed by atoms with Crippen LogP contribution in [0, 0.1) is 0 Å². The van der Waals surface area contributed by atoms with Gasteiger partial charge in [-0.1, -0.05) is 17.7 Å². The molecule has 0 radical (unpaired) electrons.